The molecule has 0 saturated carbocycles. The second kappa shape index (κ2) is 6.58. The largest absolute Gasteiger partial charge is 0.462 e. The van der Waals surface area contributed by atoms with Crippen molar-refractivity contribution in [2.75, 3.05) is 26.9 Å². The van der Waals surface area contributed by atoms with E-state index >= 15 is 0 Å². The van der Waals surface area contributed by atoms with Crippen molar-refractivity contribution in [3.05, 3.63) is 12.2 Å². The predicted molar refractivity (Wildman–Crippen MR) is 57.5 cm³/mol. The lowest BCUT2D eigenvalue weighted by Crippen LogP contribution is -2.36. The topological polar surface area (TPSA) is 55.8 Å². The zero-order valence-corrected chi connectivity index (χ0v) is 9.71. The molecule has 0 saturated heterocycles. The molecule has 0 aliphatic heterocycles. The summed E-state index contributed by atoms with van der Waals surface area (Å²) in [6, 6.07) is 0. The molecule has 0 aliphatic rings. The van der Waals surface area contributed by atoms with Gasteiger partial charge in [0.15, 0.2) is 0 Å². The molecule has 0 heterocycles. The molecule has 0 aliphatic carbocycles. The molecule has 0 rings (SSSR count). The maximum atomic E-state index is 11.2. The molecule has 1 unspecified atom stereocenters. The minimum atomic E-state index is -0.500. The number of carbonyl (C=O) groups excluding carboxylic acids is 1. The normalized spacial score (nSPS) is 14.4. The third-order valence-corrected chi connectivity index (χ3v) is 2.39. The summed E-state index contributed by atoms with van der Waals surface area (Å²) in [5.74, 6) is -0.433. The van der Waals surface area contributed by atoms with E-state index < -0.39 is 11.4 Å². The van der Waals surface area contributed by atoms with E-state index in [1.807, 2.05) is 6.92 Å². The maximum Gasteiger partial charge on any atom is 0.333 e. The number of carbonyl (C=O) groups is 1. The standard InChI is InChI=1S/C11H20O4/c1-5-11(6-12,7-14-4)8-15-10(13)9(2)3/h12H,2,5-8H2,1,3-4H3. The van der Waals surface area contributed by atoms with E-state index in [0.717, 1.165) is 0 Å². The number of hydrogen-bond acceptors (Lipinski definition) is 4. The molecular weight excluding hydrogens is 196 g/mol. The highest BCUT2D eigenvalue weighted by Crippen LogP contribution is 2.22. The van der Waals surface area contributed by atoms with E-state index in [1.165, 1.54) is 0 Å². The molecular formula is C11H20O4. The second-order valence-corrected chi connectivity index (χ2v) is 3.80. The SMILES string of the molecule is C=C(C)C(=O)OCC(CC)(CO)COC. The Labute approximate surface area is 90.9 Å². The van der Waals surface area contributed by atoms with Crippen molar-refractivity contribution >= 4 is 5.97 Å². The molecule has 88 valence electrons. The lowest BCUT2D eigenvalue weighted by molar-refractivity contribution is -0.145. The molecule has 1 atom stereocenters. The maximum absolute atomic E-state index is 11.2. The Hall–Kier alpha value is -0.870. The first kappa shape index (κ1) is 14.1. The molecule has 0 fully saturated rings. The number of methoxy groups -OCH3 is 1. The van der Waals surface area contributed by atoms with E-state index in [-0.39, 0.29) is 13.2 Å². The van der Waals surface area contributed by atoms with E-state index in [0.29, 0.717) is 18.6 Å². The highest BCUT2D eigenvalue weighted by Gasteiger charge is 2.29. The number of esters is 1. The van der Waals surface area contributed by atoms with Gasteiger partial charge in [0.1, 0.15) is 6.61 Å². The van der Waals surface area contributed by atoms with Crippen molar-refractivity contribution in [1.82, 2.24) is 0 Å². The molecule has 4 nitrogen and oxygen atoms in total. The quantitative estimate of drug-likeness (QED) is 0.512. The zero-order valence-electron chi connectivity index (χ0n) is 9.71. The van der Waals surface area contributed by atoms with Crippen LogP contribution in [0.2, 0.25) is 0 Å². The van der Waals surface area contributed by atoms with Crippen LogP contribution in [0.15, 0.2) is 12.2 Å². The van der Waals surface area contributed by atoms with Gasteiger partial charge in [0.05, 0.1) is 18.6 Å². The van der Waals surface area contributed by atoms with Gasteiger partial charge in [-0.3, -0.25) is 0 Å². The number of hydrogen-bond donors (Lipinski definition) is 1. The van der Waals surface area contributed by atoms with Crippen molar-refractivity contribution in [3.8, 4) is 0 Å². The summed E-state index contributed by atoms with van der Waals surface area (Å²) in [5.41, 5.74) is -0.143. The van der Waals surface area contributed by atoms with Crippen LogP contribution in [0.5, 0.6) is 0 Å². The first-order valence-corrected chi connectivity index (χ1v) is 4.93. The van der Waals surface area contributed by atoms with Crippen molar-refractivity contribution < 1.29 is 19.4 Å². The summed E-state index contributed by atoms with van der Waals surface area (Å²) in [5, 5.41) is 9.27. The Morgan fingerprint density at radius 2 is 2.07 bits per heavy atom. The fraction of sp³-hybridized carbons (Fsp3) is 0.727. The summed E-state index contributed by atoms with van der Waals surface area (Å²) in [6.07, 6.45) is 0.681. The summed E-state index contributed by atoms with van der Waals surface area (Å²) in [6.45, 7) is 7.44. The Morgan fingerprint density at radius 1 is 1.47 bits per heavy atom. The fourth-order valence-electron chi connectivity index (χ4n) is 1.10. The molecule has 0 amide bonds. The number of aliphatic hydroxyl groups is 1. The minimum absolute atomic E-state index is 0.0686. The van der Waals surface area contributed by atoms with Crippen LogP contribution in [0.3, 0.4) is 0 Å². The summed E-state index contributed by atoms with van der Waals surface area (Å²) >= 11 is 0. The second-order valence-electron chi connectivity index (χ2n) is 3.80. The number of rotatable bonds is 7. The first-order chi connectivity index (χ1) is 7.01. The smallest absolute Gasteiger partial charge is 0.333 e. The van der Waals surface area contributed by atoms with Gasteiger partial charge in [0.2, 0.25) is 0 Å². The molecule has 0 bridgehead atoms. The molecule has 0 spiro atoms. The van der Waals surface area contributed by atoms with Crippen LogP contribution in [-0.2, 0) is 14.3 Å². The highest BCUT2D eigenvalue weighted by molar-refractivity contribution is 5.86. The van der Waals surface area contributed by atoms with Crippen molar-refractivity contribution in [2.24, 2.45) is 5.41 Å². The highest BCUT2D eigenvalue weighted by atomic mass is 16.5. The number of aliphatic hydroxyl groups excluding tert-OH is 1. The molecule has 0 aromatic rings. The first-order valence-electron chi connectivity index (χ1n) is 4.93. The van der Waals surface area contributed by atoms with Gasteiger partial charge in [-0.1, -0.05) is 13.5 Å². The van der Waals surface area contributed by atoms with Crippen molar-refractivity contribution in [1.29, 1.82) is 0 Å². The lowest BCUT2D eigenvalue weighted by atomic mass is 9.88. The summed E-state index contributed by atoms with van der Waals surface area (Å²) in [4.78, 5) is 11.2. The number of ether oxygens (including phenoxy) is 2. The van der Waals surface area contributed by atoms with Gasteiger partial charge in [-0.15, -0.1) is 0 Å². The van der Waals surface area contributed by atoms with Gasteiger partial charge in [-0.25, -0.2) is 4.79 Å². The Balaban J connectivity index is 4.28. The average Bonchev–Trinajstić information content (AvgIpc) is 2.23. The average molecular weight is 216 g/mol. The summed E-state index contributed by atoms with van der Waals surface area (Å²) in [7, 11) is 1.56. The van der Waals surface area contributed by atoms with Gasteiger partial charge in [0, 0.05) is 12.7 Å². The van der Waals surface area contributed by atoms with Gasteiger partial charge < -0.3 is 14.6 Å². The van der Waals surface area contributed by atoms with Crippen molar-refractivity contribution in [3.63, 3.8) is 0 Å². The van der Waals surface area contributed by atoms with E-state index in [2.05, 4.69) is 6.58 Å². The lowest BCUT2D eigenvalue weighted by Gasteiger charge is -2.29. The molecule has 4 heteroatoms. The summed E-state index contributed by atoms with van der Waals surface area (Å²) < 4.78 is 10.0. The van der Waals surface area contributed by atoms with E-state index in [1.54, 1.807) is 14.0 Å². The van der Waals surface area contributed by atoms with E-state index in [9.17, 15) is 9.90 Å². The van der Waals surface area contributed by atoms with Gasteiger partial charge in [0.25, 0.3) is 0 Å². The van der Waals surface area contributed by atoms with Crippen LogP contribution >= 0.6 is 0 Å². The molecule has 0 aromatic heterocycles. The Morgan fingerprint density at radius 3 is 2.40 bits per heavy atom. The van der Waals surface area contributed by atoms with Crippen LogP contribution in [0.1, 0.15) is 20.3 Å². The zero-order chi connectivity index (χ0) is 11.9. The van der Waals surface area contributed by atoms with Gasteiger partial charge >= 0.3 is 5.97 Å². The predicted octanol–water partition coefficient (Wildman–Crippen LogP) is 1.14. The van der Waals surface area contributed by atoms with Crippen LogP contribution in [-0.4, -0.2) is 38.0 Å². The monoisotopic (exact) mass is 216 g/mol. The molecule has 0 radical (unpaired) electrons. The molecule has 1 N–H and O–H groups in total. The fourth-order valence-corrected chi connectivity index (χ4v) is 1.10. The Kier molecular flexibility index (Phi) is 6.20. The van der Waals surface area contributed by atoms with Crippen molar-refractivity contribution in [2.45, 2.75) is 20.3 Å². The third kappa shape index (κ3) is 4.44. The van der Waals surface area contributed by atoms with Crippen LogP contribution in [0.4, 0.5) is 0 Å². The Bertz CT molecular complexity index is 219. The third-order valence-electron chi connectivity index (χ3n) is 2.39. The van der Waals surface area contributed by atoms with Crippen LogP contribution < -0.4 is 0 Å². The van der Waals surface area contributed by atoms with Crippen LogP contribution in [0.25, 0.3) is 0 Å². The van der Waals surface area contributed by atoms with Gasteiger partial charge in [-0.05, 0) is 13.3 Å². The molecule has 15 heavy (non-hydrogen) atoms. The van der Waals surface area contributed by atoms with Crippen LogP contribution in [0, 0.1) is 5.41 Å². The van der Waals surface area contributed by atoms with E-state index in [4.69, 9.17) is 9.47 Å². The minimum Gasteiger partial charge on any atom is -0.462 e. The van der Waals surface area contributed by atoms with Gasteiger partial charge in [-0.2, -0.15) is 0 Å². The molecule has 0 aromatic carbocycles.